The number of nitrogens with two attached hydrogens (primary N) is 1. The summed E-state index contributed by atoms with van der Waals surface area (Å²) in [5, 5.41) is 11.9. The number of nitrogens with one attached hydrogen (secondary N) is 1. The number of hydrogen-bond donors (Lipinski definition) is 3. The van der Waals surface area contributed by atoms with Crippen molar-refractivity contribution in [3.05, 3.63) is 29.3 Å². The molecule has 0 aliphatic heterocycles. The minimum absolute atomic E-state index is 0.418. The molecule has 0 heterocycles. The molecule has 0 spiro atoms. The maximum Gasteiger partial charge on any atom is 0.322 e. The van der Waals surface area contributed by atoms with E-state index in [1.165, 1.54) is 0 Å². The lowest BCUT2D eigenvalue weighted by Gasteiger charge is -2.21. The van der Waals surface area contributed by atoms with Gasteiger partial charge in [-0.3, -0.25) is 4.79 Å². The van der Waals surface area contributed by atoms with Gasteiger partial charge in [0.1, 0.15) is 11.8 Å². The number of carboxylic acid groups (broad SMARTS) is 1. The first kappa shape index (κ1) is 14.5. The number of aliphatic carboxylic acids is 1. The Morgan fingerprint density at radius 1 is 1.56 bits per heavy atom. The molecular weight excluding hydrogens is 232 g/mol. The fraction of sp³-hybridized carbons (Fsp3) is 0.462. The van der Waals surface area contributed by atoms with Gasteiger partial charge in [0.15, 0.2) is 0 Å². The summed E-state index contributed by atoms with van der Waals surface area (Å²) in [6.45, 7) is 2.02. The van der Waals surface area contributed by atoms with Crippen LogP contribution >= 0.6 is 0 Å². The Hall–Kier alpha value is -1.59. The molecule has 0 aromatic heterocycles. The standard InChI is InChI=1S/C13H20N2O3/c1-4-8-7-9(5-6-10(8)18-3)12(15-2)11(14)13(16)17/h5-7,11-12,15H,4,14H2,1-3H3,(H,16,17). The number of hydrogen-bond acceptors (Lipinski definition) is 4. The Bertz CT molecular complexity index is 421. The number of methoxy groups -OCH3 is 1. The van der Waals surface area contributed by atoms with Crippen molar-refractivity contribution in [3.63, 3.8) is 0 Å². The number of likely N-dealkylation sites (N-methyl/N-ethyl adjacent to an activating group) is 1. The average Bonchev–Trinajstić information content (AvgIpc) is 2.39. The topological polar surface area (TPSA) is 84.6 Å². The van der Waals surface area contributed by atoms with E-state index in [0.29, 0.717) is 0 Å². The molecule has 1 rings (SSSR count). The van der Waals surface area contributed by atoms with Gasteiger partial charge in [-0.15, -0.1) is 0 Å². The molecule has 0 radical (unpaired) electrons. The predicted molar refractivity (Wildman–Crippen MR) is 69.8 cm³/mol. The third-order valence-electron chi connectivity index (χ3n) is 3.00. The fourth-order valence-electron chi connectivity index (χ4n) is 1.96. The first-order valence-electron chi connectivity index (χ1n) is 5.87. The van der Waals surface area contributed by atoms with Gasteiger partial charge in [-0.1, -0.05) is 19.1 Å². The Morgan fingerprint density at radius 2 is 2.22 bits per heavy atom. The molecule has 0 amide bonds. The zero-order valence-corrected chi connectivity index (χ0v) is 10.9. The van der Waals surface area contributed by atoms with Gasteiger partial charge in [0.2, 0.25) is 0 Å². The van der Waals surface area contributed by atoms with Crippen molar-refractivity contribution in [2.24, 2.45) is 5.73 Å². The minimum atomic E-state index is -1.02. The van der Waals surface area contributed by atoms with Crippen LogP contribution in [0.5, 0.6) is 5.75 Å². The monoisotopic (exact) mass is 252 g/mol. The molecule has 0 saturated heterocycles. The van der Waals surface area contributed by atoms with Gasteiger partial charge in [-0.25, -0.2) is 0 Å². The third-order valence-corrected chi connectivity index (χ3v) is 3.00. The van der Waals surface area contributed by atoms with Crippen molar-refractivity contribution in [1.82, 2.24) is 5.32 Å². The Balaban J connectivity index is 3.10. The van der Waals surface area contributed by atoms with E-state index < -0.39 is 18.1 Å². The molecule has 2 unspecified atom stereocenters. The van der Waals surface area contributed by atoms with Crippen LogP contribution in [0, 0.1) is 0 Å². The largest absolute Gasteiger partial charge is 0.496 e. The van der Waals surface area contributed by atoms with E-state index in [2.05, 4.69) is 5.32 Å². The zero-order chi connectivity index (χ0) is 13.7. The van der Waals surface area contributed by atoms with Gasteiger partial charge in [-0.05, 0) is 30.7 Å². The van der Waals surface area contributed by atoms with Crippen molar-refractivity contribution in [2.45, 2.75) is 25.4 Å². The van der Waals surface area contributed by atoms with Gasteiger partial charge >= 0.3 is 5.97 Å². The Morgan fingerprint density at radius 3 is 2.67 bits per heavy atom. The molecule has 18 heavy (non-hydrogen) atoms. The number of benzene rings is 1. The summed E-state index contributed by atoms with van der Waals surface area (Å²) in [4.78, 5) is 11.0. The molecule has 0 bridgehead atoms. The molecule has 0 fully saturated rings. The lowest BCUT2D eigenvalue weighted by atomic mass is 9.97. The molecule has 4 N–H and O–H groups in total. The smallest absolute Gasteiger partial charge is 0.322 e. The van der Waals surface area contributed by atoms with Crippen LogP contribution in [0.2, 0.25) is 0 Å². The highest BCUT2D eigenvalue weighted by Crippen LogP contribution is 2.25. The summed E-state index contributed by atoms with van der Waals surface area (Å²) in [6, 6.07) is 4.21. The van der Waals surface area contributed by atoms with Crippen molar-refractivity contribution in [1.29, 1.82) is 0 Å². The van der Waals surface area contributed by atoms with Crippen LogP contribution in [0.25, 0.3) is 0 Å². The number of carbonyl (C=O) groups is 1. The Labute approximate surface area is 107 Å². The van der Waals surface area contributed by atoms with E-state index in [0.717, 1.165) is 23.3 Å². The highest BCUT2D eigenvalue weighted by molar-refractivity contribution is 5.74. The molecule has 5 nitrogen and oxygen atoms in total. The van der Waals surface area contributed by atoms with E-state index in [4.69, 9.17) is 15.6 Å². The fourth-order valence-corrected chi connectivity index (χ4v) is 1.96. The normalized spacial score (nSPS) is 14.0. The van der Waals surface area contributed by atoms with Gasteiger partial charge in [-0.2, -0.15) is 0 Å². The average molecular weight is 252 g/mol. The number of rotatable bonds is 6. The first-order valence-corrected chi connectivity index (χ1v) is 5.87. The maximum atomic E-state index is 11.0. The van der Waals surface area contributed by atoms with Crippen molar-refractivity contribution in [2.75, 3.05) is 14.2 Å². The van der Waals surface area contributed by atoms with Gasteiger partial charge < -0.3 is 20.9 Å². The van der Waals surface area contributed by atoms with E-state index >= 15 is 0 Å². The van der Waals surface area contributed by atoms with Crippen molar-refractivity contribution < 1.29 is 14.6 Å². The number of ether oxygens (including phenoxy) is 1. The minimum Gasteiger partial charge on any atom is -0.496 e. The lowest BCUT2D eigenvalue weighted by molar-refractivity contribution is -0.139. The van der Waals surface area contributed by atoms with E-state index in [1.54, 1.807) is 14.2 Å². The highest BCUT2D eigenvalue weighted by atomic mass is 16.5. The first-order chi connectivity index (χ1) is 8.54. The molecular formula is C13H20N2O3. The van der Waals surface area contributed by atoms with Crippen LogP contribution < -0.4 is 15.8 Å². The highest BCUT2D eigenvalue weighted by Gasteiger charge is 2.24. The summed E-state index contributed by atoms with van der Waals surface area (Å²) in [7, 11) is 3.32. The SMILES string of the molecule is CCc1cc(C(NC)C(N)C(=O)O)ccc1OC. The number of carboxylic acids is 1. The van der Waals surface area contributed by atoms with Crippen LogP contribution in [-0.2, 0) is 11.2 Å². The molecule has 1 aromatic carbocycles. The van der Waals surface area contributed by atoms with Crippen LogP contribution in [0.1, 0.15) is 24.1 Å². The molecule has 1 aromatic rings. The summed E-state index contributed by atoms with van der Waals surface area (Å²) in [5.74, 6) is -0.219. The molecule has 0 aliphatic rings. The summed E-state index contributed by atoms with van der Waals surface area (Å²) in [5.41, 5.74) is 7.56. The molecule has 0 aliphatic carbocycles. The summed E-state index contributed by atoms with van der Waals surface area (Å²) < 4.78 is 5.24. The maximum absolute atomic E-state index is 11.0. The van der Waals surface area contributed by atoms with Crippen molar-refractivity contribution in [3.8, 4) is 5.75 Å². The Kier molecular flexibility index (Phi) is 5.12. The zero-order valence-electron chi connectivity index (χ0n) is 10.9. The predicted octanol–water partition coefficient (Wildman–Crippen LogP) is 0.930. The second-order valence-corrected chi connectivity index (χ2v) is 4.06. The van der Waals surface area contributed by atoms with Crippen LogP contribution in [-0.4, -0.2) is 31.3 Å². The second-order valence-electron chi connectivity index (χ2n) is 4.06. The van der Waals surface area contributed by atoms with Gasteiger partial charge in [0.25, 0.3) is 0 Å². The molecule has 100 valence electrons. The van der Waals surface area contributed by atoms with Crippen molar-refractivity contribution >= 4 is 5.97 Å². The molecule has 0 saturated carbocycles. The van der Waals surface area contributed by atoms with Crippen LogP contribution in [0.15, 0.2) is 18.2 Å². The molecule has 2 atom stereocenters. The van der Waals surface area contributed by atoms with E-state index in [1.807, 2.05) is 25.1 Å². The summed E-state index contributed by atoms with van der Waals surface area (Å²) >= 11 is 0. The van der Waals surface area contributed by atoms with Gasteiger partial charge in [0, 0.05) is 0 Å². The quantitative estimate of drug-likeness (QED) is 0.701. The third kappa shape index (κ3) is 3.00. The summed E-state index contributed by atoms with van der Waals surface area (Å²) in [6.07, 6.45) is 0.815. The molecule has 5 heteroatoms. The van der Waals surface area contributed by atoms with Gasteiger partial charge in [0.05, 0.1) is 13.2 Å². The van der Waals surface area contributed by atoms with Crippen LogP contribution in [0.3, 0.4) is 0 Å². The number of aryl methyl sites for hydroxylation is 1. The van der Waals surface area contributed by atoms with E-state index in [-0.39, 0.29) is 0 Å². The second kappa shape index (κ2) is 6.37. The van der Waals surface area contributed by atoms with E-state index in [9.17, 15) is 4.79 Å². The lowest BCUT2D eigenvalue weighted by Crippen LogP contribution is -2.42. The van der Waals surface area contributed by atoms with Crippen LogP contribution in [0.4, 0.5) is 0 Å².